The molecule has 1 atom stereocenters. The molecule has 3 rings (SSSR count). The van der Waals surface area contributed by atoms with Crippen LogP contribution in [0.4, 0.5) is 0 Å². The fourth-order valence-corrected chi connectivity index (χ4v) is 3.32. The molecule has 1 saturated heterocycles. The van der Waals surface area contributed by atoms with Crippen molar-refractivity contribution in [2.75, 3.05) is 33.4 Å². The number of benzene rings is 1. The van der Waals surface area contributed by atoms with Crippen LogP contribution in [0.5, 0.6) is 11.5 Å². The highest BCUT2D eigenvalue weighted by molar-refractivity contribution is 9.10. The predicted molar refractivity (Wildman–Crippen MR) is 82.5 cm³/mol. The Morgan fingerprint density at radius 2 is 2.05 bits per heavy atom. The SMILES string of the molecule is CN(Cc1cc2c(cc1Br)OCCO2)CC1CCCN1. The standard InChI is InChI=1S/C15H21BrN2O2/c1-18(10-12-3-2-4-17-12)9-11-7-14-15(8-13(11)16)20-6-5-19-14/h7-8,12,17H,2-6,9-10H2,1H3. The van der Waals surface area contributed by atoms with Crippen molar-refractivity contribution in [3.05, 3.63) is 22.2 Å². The van der Waals surface area contributed by atoms with Gasteiger partial charge in [-0.1, -0.05) is 15.9 Å². The number of nitrogens with zero attached hydrogens (tertiary/aromatic N) is 1. The highest BCUT2D eigenvalue weighted by Crippen LogP contribution is 2.35. The number of nitrogens with one attached hydrogen (secondary N) is 1. The Labute approximate surface area is 128 Å². The van der Waals surface area contributed by atoms with E-state index in [2.05, 4.69) is 39.3 Å². The summed E-state index contributed by atoms with van der Waals surface area (Å²) >= 11 is 3.64. The Hall–Kier alpha value is -0.780. The van der Waals surface area contributed by atoms with Gasteiger partial charge < -0.3 is 19.7 Å². The Morgan fingerprint density at radius 1 is 1.30 bits per heavy atom. The first-order valence-corrected chi connectivity index (χ1v) is 8.01. The average molecular weight is 341 g/mol. The molecular formula is C15H21BrN2O2. The van der Waals surface area contributed by atoms with E-state index in [-0.39, 0.29) is 0 Å². The maximum Gasteiger partial charge on any atom is 0.162 e. The van der Waals surface area contributed by atoms with Crippen molar-refractivity contribution in [1.29, 1.82) is 0 Å². The Kier molecular flexibility index (Phi) is 4.48. The van der Waals surface area contributed by atoms with Gasteiger partial charge in [-0.3, -0.25) is 0 Å². The number of likely N-dealkylation sites (N-methyl/N-ethyl adjacent to an activating group) is 1. The summed E-state index contributed by atoms with van der Waals surface area (Å²) in [6.45, 7) is 4.42. The second-order valence-electron chi connectivity index (χ2n) is 5.58. The molecular weight excluding hydrogens is 320 g/mol. The normalized spacial score (nSPS) is 21.4. The number of hydrogen-bond acceptors (Lipinski definition) is 4. The van der Waals surface area contributed by atoms with E-state index in [1.807, 2.05) is 6.07 Å². The summed E-state index contributed by atoms with van der Waals surface area (Å²) in [6.07, 6.45) is 2.58. The van der Waals surface area contributed by atoms with Gasteiger partial charge in [-0.05, 0) is 44.1 Å². The summed E-state index contributed by atoms with van der Waals surface area (Å²) in [6, 6.07) is 4.75. The van der Waals surface area contributed by atoms with Crippen LogP contribution in [-0.4, -0.2) is 44.3 Å². The first-order chi connectivity index (χ1) is 9.72. The Morgan fingerprint density at radius 3 is 2.75 bits per heavy atom. The molecule has 2 heterocycles. The van der Waals surface area contributed by atoms with Gasteiger partial charge in [0.15, 0.2) is 11.5 Å². The van der Waals surface area contributed by atoms with Gasteiger partial charge in [0.2, 0.25) is 0 Å². The minimum Gasteiger partial charge on any atom is -0.486 e. The minimum atomic E-state index is 0.631. The van der Waals surface area contributed by atoms with Gasteiger partial charge in [0.05, 0.1) is 0 Å². The molecule has 0 amide bonds. The van der Waals surface area contributed by atoms with Gasteiger partial charge >= 0.3 is 0 Å². The summed E-state index contributed by atoms with van der Waals surface area (Å²) < 4.78 is 12.3. The third-order valence-corrected chi connectivity index (χ3v) is 4.58. The highest BCUT2D eigenvalue weighted by Gasteiger charge is 2.18. The minimum absolute atomic E-state index is 0.631. The third kappa shape index (κ3) is 3.27. The monoisotopic (exact) mass is 340 g/mol. The average Bonchev–Trinajstić information content (AvgIpc) is 2.92. The summed E-state index contributed by atoms with van der Waals surface area (Å²) in [5.41, 5.74) is 1.25. The van der Waals surface area contributed by atoms with E-state index in [0.29, 0.717) is 19.3 Å². The van der Waals surface area contributed by atoms with E-state index in [0.717, 1.165) is 35.6 Å². The van der Waals surface area contributed by atoms with Gasteiger partial charge in [-0.25, -0.2) is 0 Å². The van der Waals surface area contributed by atoms with Crippen LogP contribution in [0.2, 0.25) is 0 Å². The van der Waals surface area contributed by atoms with Crippen molar-refractivity contribution in [2.45, 2.75) is 25.4 Å². The van der Waals surface area contributed by atoms with Crippen LogP contribution in [0, 0.1) is 0 Å². The molecule has 0 radical (unpaired) electrons. The first-order valence-electron chi connectivity index (χ1n) is 7.22. The molecule has 0 aliphatic carbocycles. The highest BCUT2D eigenvalue weighted by atomic mass is 79.9. The lowest BCUT2D eigenvalue weighted by Gasteiger charge is -2.24. The van der Waals surface area contributed by atoms with E-state index in [9.17, 15) is 0 Å². The second-order valence-corrected chi connectivity index (χ2v) is 6.43. The first kappa shape index (κ1) is 14.2. The van der Waals surface area contributed by atoms with E-state index in [1.54, 1.807) is 0 Å². The van der Waals surface area contributed by atoms with Crippen LogP contribution >= 0.6 is 15.9 Å². The number of rotatable bonds is 4. The molecule has 1 unspecified atom stereocenters. The zero-order chi connectivity index (χ0) is 13.9. The molecule has 2 aliphatic rings. The molecule has 5 heteroatoms. The number of fused-ring (bicyclic) bond motifs is 1. The summed E-state index contributed by atoms with van der Waals surface area (Å²) in [4.78, 5) is 2.36. The van der Waals surface area contributed by atoms with Crippen LogP contribution in [0.1, 0.15) is 18.4 Å². The maximum absolute atomic E-state index is 5.66. The topological polar surface area (TPSA) is 33.7 Å². The van der Waals surface area contributed by atoms with E-state index in [4.69, 9.17) is 9.47 Å². The largest absolute Gasteiger partial charge is 0.486 e. The molecule has 1 aromatic rings. The summed E-state index contributed by atoms with van der Waals surface area (Å²) in [5, 5.41) is 3.54. The van der Waals surface area contributed by atoms with Crippen LogP contribution in [-0.2, 0) is 6.54 Å². The van der Waals surface area contributed by atoms with E-state index in [1.165, 1.54) is 18.4 Å². The molecule has 0 bridgehead atoms. The number of halogens is 1. The van der Waals surface area contributed by atoms with Crippen LogP contribution < -0.4 is 14.8 Å². The van der Waals surface area contributed by atoms with Crippen molar-refractivity contribution in [3.8, 4) is 11.5 Å². The van der Waals surface area contributed by atoms with Crippen molar-refractivity contribution >= 4 is 15.9 Å². The van der Waals surface area contributed by atoms with Crippen LogP contribution in [0.3, 0.4) is 0 Å². The van der Waals surface area contributed by atoms with Gasteiger partial charge in [-0.2, -0.15) is 0 Å². The molecule has 0 saturated carbocycles. The molecule has 20 heavy (non-hydrogen) atoms. The molecule has 4 nitrogen and oxygen atoms in total. The smallest absolute Gasteiger partial charge is 0.162 e. The molecule has 0 spiro atoms. The second kappa shape index (κ2) is 6.33. The third-order valence-electron chi connectivity index (χ3n) is 3.85. The zero-order valence-corrected chi connectivity index (χ0v) is 13.4. The molecule has 110 valence electrons. The quantitative estimate of drug-likeness (QED) is 0.912. The van der Waals surface area contributed by atoms with E-state index >= 15 is 0 Å². The Bertz CT molecular complexity index is 475. The maximum atomic E-state index is 5.66. The fourth-order valence-electron chi connectivity index (χ4n) is 2.87. The van der Waals surface area contributed by atoms with Crippen molar-refractivity contribution < 1.29 is 9.47 Å². The lowest BCUT2D eigenvalue weighted by molar-refractivity contribution is 0.171. The molecule has 1 aromatic carbocycles. The van der Waals surface area contributed by atoms with Crippen molar-refractivity contribution in [3.63, 3.8) is 0 Å². The molecule has 2 aliphatic heterocycles. The lowest BCUT2D eigenvalue weighted by Crippen LogP contribution is -2.35. The molecule has 0 aromatic heterocycles. The molecule has 1 fully saturated rings. The van der Waals surface area contributed by atoms with E-state index < -0.39 is 0 Å². The summed E-state index contributed by atoms with van der Waals surface area (Å²) in [5.74, 6) is 1.70. The number of ether oxygens (including phenoxy) is 2. The lowest BCUT2D eigenvalue weighted by atomic mass is 10.1. The van der Waals surface area contributed by atoms with Crippen LogP contribution in [0.15, 0.2) is 16.6 Å². The zero-order valence-electron chi connectivity index (χ0n) is 11.8. The van der Waals surface area contributed by atoms with Crippen LogP contribution in [0.25, 0.3) is 0 Å². The summed E-state index contributed by atoms with van der Waals surface area (Å²) in [7, 11) is 2.17. The Balaban J connectivity index is 1.66. The van der Waals surface area contributed by atoms with Gasteiger partial charge in [0, 0.05) is 23.6 Å². The predicted octanol–water partition coefficient (Wildman–Crippen LogP) is 2.40. The van der Waals surface area contributed by atoms with Crippen molar-refractivity contribution in [1.82, 2.24) is 10.2 Å². The van der Waals surface area contributed by atoms with Gasteiger partial charge in [0.25, 0.3) is 0 Å². The van der Waals surface area contributed by atoms with Gasteiger partial charge in [0.1, 0.15) is 13.2 Å². The fraction of sp³-hybridized carbons (Fsp3) is 0.600. The number of hydrogen-bond donors (Lipinski definition) is 1. The van der Waals surface area contributed by atoms with Crippen molar-refractivity contribution in [2.24, 2.45) is 0 Å². The molecule has 1 N–H and O–H groups in total. The van der Waals surface area contributed by atoms with Gasteiger partial charge in [-0.15, -0.1) is 0 Å².